The topological polar surface area (TPSA) is 107 Å². The van der Waals surface area contributed by atoms with Crippen molar-refractivity contribution in [1.29, 1.82) is 0 Å². The minimum atomic E-state index is -3.87. The molecule has 2 atom stereocenters. The lowest BCUT2D eigenvalue weighted by atomic mass is 9.95. The number of benzene rings is 2. The van der Waals surface area contributed by atoms with Crippen LogP contribution in [-0.4, -0.2) is 56.8 Å². The van der Waals surface area contributed by atoms with Gasteiger partial charge in [0.2, 0.25) is 11.7 Å². The maximum Gasteiger partial charge on any atom is 0.382 e. The number of carboxylic acid groups (broad SMARTS) is 1. The van der Waals surface area contributed by atoms with Gasteiger partial charge < -0.3 is 19.5 Å². The Kier molecular flexibility index (Phi) is 7.25. The van der Waals surface area contributed by atoms with Crippen molar-refractivity contribution in [3.8, 4) is 11.4 Å². The number of carbonyl (C=O) groups is 2. The van der Waals surface area contributed by atoms with Crippen molar-refractivity contribution in [3.05, 3.63) is 69.8 Å². The second-order valence-electron chi connectivity index (χ2n) is 9.56. The van der Waals surface area contributed by atoms with Crippen LogP contribution >= 0.6 is 23.2 Å². The highest BCUT2D eigenvalue weighted by Gasteiger charge is 2.43. The summed E-state index contributed by atoms with van der Waals surface area (Å²) in [7, 11) is 1.53. The van der Waals surface area contributed by atoms with Crippen LogP contribution in [0.2, 0.25) is 5.02 Å². The van der Waals surface area contributed by atoms with Gasteiger partial charge in [-0.2, -0.15) is 8.78 Å². The van der Waals surface area contributed by atoms with Crippen LogP contribution in [0.4, 0.5) is 8.78 Å². The van der Waals surface area contributed by atoms with Gasteiger partial charge in [0.05, 0.1) is 25.6 Å². The van der Waals surface area contributed by atoms with E-state index in [1.807, 2.05) is 13.0 Å². The summed E-state index contributed by atoms with van der Waals surface area (Å²) in [5.41, 5.74) is 2.16. The number of alkyl halides is 3. The van der Waals surface area contributed by atoms with Crippen LogP contribution in [-0.2, 0) is 19.7 Å². The largest absolute Gasteiger partial charge is 0.496 e. The van der Waals surface area contributed by atoms with E-state index >= 15 is 0 Å². The first kappa shape index (κ1) is 27.3. The van der Waals surface area contributed by atoms with Crippen LogP contribution in [0, 0.1) is 12.8 Å². The second kappa shape index (κ2) is 10.4. The van der Waals surface area contributed by atoms with Gasteiger partial charge in [-0.1, -0.05) is 23.7 Å². The first-order valence-electron chi connectivity index (χ1n) is 12.1. The van der Waals surface area contributed by atoms with Crippen LogP contribution in [0.1, 0.15) is 53.4 Å². The molecule has 0 saturated carbocycles. The quantitative estimate of drug-likeness (QED) is 0.391. The van der Waals surface area contributed by atoms with Crippen LogP contribution in [0.25, 0.3) is 5.69 Å². The lowest BCUT2D eigenvalue weighted by Gasteiger charge is -2.39. The van der Waals surface area contributed by atoms with E-state index in [1.165, 1.54) is 12.0 Å². The number of carbonyl (C=O) groups excluding carboxylic acids is 1. The SMILES string of the molecule is COc1cccc(C2OC(CC(=O)N3CC(CC(=O)O)C3)c3nnc(C(F)(F)Cl)n3-c3ccc(Cl)cc32)c1C. The molecule has 9 nitrogen and oxygen atoms in total. The molecule has 1 amide bonds. The average Bonchev–Trinajstić information content (AvgIpc) is 3.25. The Morgan fingerprint density at radius 1 is 1.18 bits per heavy atom. The number of hydrogen-bond acceptors (Lipinski definition) is 6. The highest BCUT2D eigenvalue weighted by atomic mass is 35.5. The Morgan fingerprint density at radius 3 is 2.59 bits per heavy atom. The number of aliphatic carboxylic acids is 1. The second-order valence-corrected chi connectivity index (χ2v) is 10.5. The molecular weight excluding hydrogens is 557 g/mol. The number of fused-ring (bicyclic) bond motifs is 3. The molecule has 0 aliphatic carbocycles. The molecule has 2 aromatic carbocycles. The number of methoxy groups -OCH3 is 1. The number of aromatic nitrogens is 3. The number of nitrogens with zero attached hydrogens (tertiary/aromatic N) is 4. The van der Waals surface area contributed by atoms with Crippen LogP contribution in [0.3, 0.4) is 0 Å². The number of carboxylic acids is 1. The van der Waals surface area contributed by atoms with Crippen molar-refractivity contribution in [1.82, 2.24) is 19.7 Å². The highest BCUT2D eigenvalue weighted by Crippen LogP contribution is 2.46. The van der Waals surface area contributed by atoms with Gasteiger partial charge in [-0.05, 0) is 53.9 Å². The van der Waals surface area contributed by atoms with Gasteiger partial charge in [0.15, 0.2) is 5.82 Å². The lowest BCUT2D eigenvalue weighted by Crippen LogP contribution is -2.51. The fourth-order valence-electron chi connectivity index (χ4n) is 5.12. The molecular formula is C26H24Cl2F2N4O5. The highest BCUT2D eigenvalue weighted by molar-refractivity contribution is 6.30. The molecule has 5 rings (SSSR count). The Balaban J connectivity index is 1.61. The zero-order valence-electron chi connectivity index (χ0n) is 20.9. The number of halogens is 4. The van der Waals surface area contributed by atoms with Crippen LogP contribution < -0.4 is 4.74 Å². The first-order valence-corrected chi connectivity index (χ1v) is 12.8. The number of rotatable bonds is 7. The van der Waals surface area contributed by atoms with E-state index in [1.54, 1.807) is 30.3 Å². The smallest absolute Gasteiger partial charge is 0.382 e. The Hall–Kier alpha value is -3.28. The van der Waals surface area contributed by atoms with Gasteiger partial charge in [0.1, 0.15) is 18.0 Å². The van der Waals surface area contributed by atoms with Crippen molar-refractivity contribution in [2.24, 2.45) is 5.92 Å². The van der Waals surface area contributed by atoms with Gasteiger partial charge in [0, 0.05) is 29.6 Å². The van der Waals surface area contributed by atoms with Crippen molar-refractivity contribution in [2.75, 3.05) is 20.2 Å². The summed E-state index contributed by atoms with van der Waals surface area (Å²) in [4.78, 5) is 25.7. The molecule has 3 heterocycles. The Bertz CT molecular complexity index is 1440. The molecule has 3 aromatic rings. The summed E-state index contributed by atoms with van der Waals surface area (Å²) in [5.74, 6) is -1.67. The van der Waals surface area contributed by atoms with E-state index in [2.05, 4.69) is 10.2 Å². The third-order valence-electron chi connectivity index (χ3n) is 7.00. The van der Waals surface area contributed by atoms with Gasteiger partial charge in [0.25, 0.3) is 0 Å². The number of ether oxygens (including phenoxy) is 2. The third-order valence-corrected chi connectivity index (χ3v) is 7.41. The maximum atomic E-state index is 14.5. The normalized spacial score (nSPS) is 19.1. The van der Waals surface area contributed by atoms with Gasteiger partial charge in [-0.15, -0.1) is 10.2 Å². The van der Waals surface area contributed by atoms with Gasteiger partial charge in [-0.3, -0.25) is 14.2 Å². The van der Waals surface area contributed by atoms with E-state index < -0.39 is 29.4 Å². The van der Waals surface area contributed by atoms with E-state index in [-0.39, 0.29) is 49.3 Å². The van der Waals surface area contributed by atoms with E-state index in [0.717, 1.165) is 10.1 Å². The summed E-state index contributed by atoms with van der Waals surface area (Å²) in [6, 6.07) is 10.1. The van der Waals surface area contributed by atoms with Crippen molar-refractivity contribution in [3.63, 3.8) is 0 Å². The molecule has 2 aliphatic rings. The molecule has 2 aliphatic heterocycles. The summed E-state index contributed by atoms with van der Waals surface area (Å²) in [6.45, 7) is 2.40. The number of hydrogen-bond donors (Lipinski definition) is 1. The minimum absolute atomic E-state index is 0.0205. The monoisotopic (exact) mass is 580 g/mol. The summed E-state index contributed by atoms with van der Waals surface area (Å²) in [5, 5.41) is 13.1. The van der Waals surface area contributed by atoms with Crippen molar-refractivity contribution < 1.29 is 33.0 Å². The van der Waals surface area contributed by atoms with E-state index in [9.17, 15) is 18.4 Å². The van der Waals surface area contributed by atoms with Gasteiger partial charge >= 0.3 is 11.4 Å². The number of likely N-dealkylation sites (tertiary alicyclic amines) is 1. The fraction of sp³-hybridized carbons (Fsp3) is 0.385. The van der Waals surface area contributed by atoms with E-state index in [0.29, 0.717) is 21.9 Å². The van der Waals surface area contributed by atoms with Crippen molar-refractivity contribution in [2.45, 2.75) is 37.4 Å². The molecule has 2 unspecified atom stereocenters. The molecule has 0 bridgehead atoms. The molecule has 206 valence electrons. The predicted molar refractivity (Wildman–Crippen MR) is 136 cm³/mol. The summed E-state index contributed by atoms with van der Waals surface area (Å²) < 4.78 is 42.2. The number of amides is 1. The summed E-state index contributed by atoms with van der Waals surface area (Å²) in [6.07, 6.45) is -2.23. The predicted octanol–water partition coefficient (Wildman–Crippen LogP) is 5.01. The molecule has 1 aromatic heterocycles. The third kappa shape index (κ3) is 5.18. The van der Waals surface area contributed by atoms with E-state index in [4.69, 9.17) is 37.8 Å². The molecule has 0 spiro atoms. The molecule has 0 radical (unpaired) electrons. The first-order chi connectivity index (χ1) is 18.5. The molecule has 39 heavy (non-hydrogen) atoms. The molecule has 1 saturated heterocycles. The Labute approximate surface area is 232 Å². The van der Waals surface area contributed by atoms with Crippen molar-refractivity contribution >= 4 is 35.1 Å². The zero-order valence-corrected chi connectivity index (χ0v) is 22.4. The Morgan fingerprint density at radius 2 is 1.92 bits per heavy atom. The lowest BCUT2D eigenvalue weighted by molar-refractivity contribution is -0.147. The average molecular weight is 581 g/mol. The fourth-order valence-corrected chi connectivity index (χ4v) is 5.42. The maximum absolute atomic E-state index is 14.5. The van der Waals surface area contributed by atoms with Crippen LogP contribution in [0.5, 0.6) is 5.75 Å². The standard InChI is InChI=1S/C26H24Cl2F2N4O5/c1-13-16(4-3-5-19(13)38-2)23-17-9-15(27)6-7-18(17)34-24(31-32-25(34)26(28,29)30)20(39-23)10-21(35)33-11-14(12-33)8-22(36)37/h3-7,9,14,20,23H,8,10-12H2,1-2H3,(H,36,37). The molecule has 13 heteroatoms. The van der Waals surface area contributed by atoms with Crippen LogP contribution in [0.15, 0.2) is 36.4 Å². The molecule has 1 N–H and O–H groups in total. The summed E-state index contributed by atoms with van der Waals surface area (Å²) >= 11 is 11.8. The zero-order chi connectivity index (χ0) is 28.1. The van der Waals surface area contributed by atoms with Gasteiger partial charge in [-0.25, -0.2) is 0 Å². The molecule has 1 fully saturated rings. The minimum Gasteiger partial charge on any atom is -0.496 e.